The zero-order valence-corrected chi connectivity index (χ0v) is 9.29. The molecule has 2 aromatic heterocycles. The van der Waals surface area contributed by atoms with Crippen LogP contribution in [0.1, 0.15) is 15.9 Å². The first-order valence-corrected chi connectivity index (χ1v) is 5.01. The van der Waals surface area contributed by atoms with Crippen molar-refractivity contribution in [2.75, 3.05) is 5.32 Å². The lowest BCUT2D eigenvalue weighted by Gasteiger charge is -2.02. The lowest BCUT2D eigenvalue weighted by atomic mass is 10.3. The summed E-state index contributed by atoms with van der Waals surface area (Å²) in [7, 11) is 1.77. The van der Waals surface area contributed by atoms with Gasteiger partial charge < -0.3 is 11.1 Å². The third-order valence-electron chi connectivity index (χ3n) is 2.20. The molecule has 0 atom stereocenters. The monoisotopic (exact) mass is 232 g/mol. The van der Waals surface area contributed by atoms with E-state index in [1.54, 1.807) is 24.0 Å². The summed E-state index contributed by atoms with van der Waals surface area (Å²) in [6.45, 7) is 0.318. The summed E-state index contributed by atoms with van der Waals surface area (Å²) in [5.41, 5.74) is 6.76. The third-order valence-corrected chi connectivity index (χ3v) is 2.20. The molecule has 2 aromatic rings. The van der Waals surface area contributed by atoms with Crippen molar-refractivity contribution < 1.29 is 4.79 Å². The van der Waals surface area contributed by atoms with Gasteiger partial charge in [0.25, 0.3) is 5.91 Å². The zero-order chi connectivity index (χ0) is 12.3. The van der Waals surface area contributed by atoms with Gasteiger partial charge >= 0.3 is 0 Å². The quantitative estimate of drug-likeness (QED) is 0.771. The van der Waals surface area contributed by atoms with E-state index in [0.717, 1.165) is 5.56 Å². The van der Waals surface area contributed by atoms with Gasteiger partial charge in [0.1, 0.15) is 0 Å². The number of hydrogen-bond acceptors (Lipinski definition) is 5. The molecule has 2 heterocycles. The van der Waals surface area contributed by atoms with Crippen LogP contribution in [0.4, 0.5) is 5.82 Å². The second-order valence-electron chi connectivity index (χ2n) is 3.47. The molecule has 2 rings (SSSR count). The molecule has 0 spiro atoms. The molecule has 0 aliphatic rings. The van der Waals surface area contributed by atoms with Crippen LogP contribution in [0.2, 0.25) is 0 Å². The van der Waals surface area contributed by atoms with Crippen LogP contribution in [0.15, 0.2) is 24.7 Å². The molecule has 0 aromatic carbocycles. The minimum atomic E-state index is -0.284. The summed E-state index contributed by atoms with van der Waals surface area (Å²) in [5, 5.41) is 14.0. The molecule has 0 aliphatic heterocycles. The molecule has 0 fully saturated rings. The number of amides is 1. The highest BCUT2D eigenvalue weighted by Gasteiger charge is 2.11. The molecule has 17 heavy (non-hydrogen) atoms. The highest BCUT2D eigenvalue weighted by atomic mass is 16.1. The fourth-order valence-electron chi connectivity index (χ4n) is 1.40. The summed E-state index contributed by atoms with van der Waals surface area (Å²) in [6.07, 6.45) is 4.61. The standard InChI is InChI=1S/C10H12N6O/c1-16-6-8(4-11)9(15-16)14-10(17)7-2-3-12-13-5-7/h2-3,5-6H,4,11H2,1H3,(H,14,15,17). The number of nitrogens with zero attached hydrogens (tertiary/aromatic N) is 4. The van der Waals surface area contributed by atoms with Gasteiger partial charge in [-0.2, -0.15) is 15.3 Å². The van der Waals surface area contributed by atoms with Crippen LogP contribution in [0, 0.1) is 0 Å². The Balaban J connectivity index is 2.18. The molecule has 7 heteroatoms. The molecule has 0 bridgehead atoms. The van der Waals surface area contributed by atoms with E-state index in [-0.39, 0.29) is 5.91 Å². The maximum absolute atomic E-state index is 11.8. The fourth-order valence-corrected chi connectivity index (χ4v) is 1.40. The zero-order valence-electron chi connectivity index (χ0n) is 9.29. The summed E-state index contributed by atoms with van der Waals surface area (Å²) < 4.78 is 1.60. The largest absolute Gasteiger partial charge is 0.326 e. The highest BCUT2D eigenvalue weighted by molar-refractivity contribution is 6.03. The maximum atomic E-state index is 11.8. The van der Waals surface area contributed by atoms with E-state index in [2.05, 4.69) is 20.6 Å². The van der Waals surface area contributed by atoms with E-state index in [1.165, 1.54) is 12.4 Å². The third kappa shape index (κ3) is 2.45. The molecule has 7 nitrogen and oxygen atoms in total. The van der Waals surface area contributed by atoms with Gasteiger partial charge in [0.05, 0.1) is 18.0 Å². The van der Waals surface area contributed by atoms with Crippen molar-refractivity contribution in [2.45, 2.75) is 6.54 Å². The molecule has 1 amide bonds. The Hall–Kier alpha value is -2.28. The lowest BCUT2D eigenvalue weighted by Crippen LogP contribution is -2.14. The van der Waals surface area contributed by atoms with Crippen molar-refractivity contribution in [2.24, 2.45) is 12.8 Å². The number of carbonyl (C=O) groups excluding carboxylic acids is 1. The predicted octanol–water partition coefficient (Wildman–Crippen LogP) is -0.0789. The number of nitrogens with two attached hydrogens (primary N) is 1. The van der Waals surface area contributed by atoms with Gasteiger partial charge in [-0.25, -0.2) is 0 Å². The Morgan fingerprint density at radius 2 is 2.35 bits per heavy atom. The highest BCUT2D eigenvalue weighted by Crippen LogP contribution is 2.12. The van der Waals surface area contributed by atoms with Gasteiger partial charge in [-0.1, -0.05) is 0 Å². The number of carbonyl (C=O) groups is 1. The van der Waals surface area contributed by atoms with Gasteiger partial charge in [-0.15, -0.1) is 0 Å². The van der Waals surface area contributed by atoms with E-state index in [1.807, 2.05) is 0 Å². The lowest BCUT2D eigenvalue weighted by molar-refractivity contribution is 0.102. The summed E-state index contributed by atoms with van der Waals surface area (Å²) in [6, 6.07) is 1.58. The molecule has 88 valence electrons. The Morgan fingerprint density at radius 1 is 1.53 bits per heavy atom. The Kier molecular flexibility index (Phi) is 3.10. The van der Waals surface area contributed by atoms with Gasteiger partial charge in [0, 0.05) is 25.4 Å². The molecule has 0 saturated heterocycles. The summed E-state index contributed by atoms with van der Waals surface area (Å²) in [4.78, 5) is 11.8. The smallest absolute Gasteiger partial charge is 0.258 e. The minimum Gasteiger partial charge on any atom is -0.326 e. The van der Waals surface area contributed by atoms with Crippen LogP contribution in [0.5, 0.6) is 0 Å². The second-order valence-corrected chi connectivity index (χ2v) is 3.47. The number of hydrogen-bond donors (Lipinski definition) is 2. The van der Waals surface area contributed by atoms with Crippen LogP contribution < -0.4 is 11.1 Å². The van der Waals surface area contributed by atoms with Crippen LogP contribution in [0.25, 0.3) is 0 Å². The Bertz CT molecular complexity index is 521. The topological polar surface area (TPSA) is 98.7 Å². The average molecular weight is 232 g/mol. The van der Waals surface area contributed by atoms with Gasteiger partial charge in [0.2, 0.25) is 0 Å². The van der Waals surface area contributed by atoms with E-state index in [9.17, 15) is 4.79 Å². The SMILES string of the molecule is Cn1cc(CN)c(NC(=O)c2ccnnc2)n1. The number of anilines is 1. The Morgan fingerprint density at radius 3 is 3.00 bits per heavy atom. The van der Waals surface area contributed by atoms with Crippen LogP contribution in [0.3, 0.4) is 0 Å². The number of rotatable bonds is 3. The van der Waals surface area contributed by atoms with Crippen molar-refractivity contribution in [3.8, 4) is 0 Å². The fraction of sp³-hybridized carbons (Fsp3) is 0.200. The van der Waals surface area contributed by atoms with Crippen molar-refractivity contribution in [3.63, 3.8) is 0 Å². The van der Waals surface area contributed by atoms with Crippen molar-refractivity contribution in [3.05, 3.63) is 35.8 Å². The molecular weight excluding hydrogens is 220 g/mol. The molecule has 0 unspecified atom stereocenters. The predicted molar refractivity (Wildman–Crippen MR) is 61.1 cm³/mol. The normalized spacial score (nSPS) is 10.2. The number of aromatic nitrogens is 4. The van der Waals surface area contributed by atoms with Gasteiger partial charge in [-0.05, 0) is 6.07 Å². The molecule has 3 N–H and O–H groups in total. The van der Waals surface area contributed by atoms with E-state index >= 15 is 0 Å². The maximum Gasteiger partial charge on any atom is 0.258 e. The first-order valence-electron chi connectivity index (χ1n) is 5.01. The number of nitrogens with one attached hydrogen (secondary N) is 1. The van der Waals surface area contributed by atoms with Crippen molar-refractivity contribution in [1.29, 1.82) is 0 Å². The van der Waals surface area contributed by atoms with Crippen molar-refractivity contribution in [1.82, 2.24) is 20.0 Å². The molecule has 0 radical (unpaired) electrons. The molecule has 0 aliphatic carbocycles. The Labute approximate surface area is 97.6 Å². The summed E-state index contributed by atoms with van der Waals surface area (Å²) >= 11 is 0. The van der Waals surface area contributed by atoms with Crippen molar-refractivity contribution >= 4 is 11.7 Å². The first kappa shape index (κ1) is 11.2. The van der Waals surface area contributed by atoms with E-state index < -0.39 is 0 Å². The van der Waals surface area contributed by atoms with Crippen LogP contribution >= 0.6 is 0 Å². The average Bonchev–Trinajstić information content (AvgIpc) is 2.70. The van der Waals surface area contributed by atoms with Crippen LogP contribution in [-0.4, -0.2) is 25.9 Å². The summed E-state index contributed by atoms with van der Waals surface area (Å²) in [5.74, 6) is 0.185. The van der Waals surface area contributed by atoms with Gasteiger partial charge in [-0.3, -0.25) is 9.48 Å². The van der Waals surface area contributed by atoms with Crippen LogP contribution in [-0.2, 0) is 13.6 Å². The van der Waals surface area contributed by atoms with E-state index in [4.69, 9.17) is 5.73 Å². The number of aryl methyl sites for hydroxylation is 1. The first-order chi connectivity index (χ1) is 8.20. The minimum absolute atomic E-state index is 0.284. The molecule has 0 saturated carbocycles. The molecular formula is C10H12N6O. The van der Waals surface area contributed by atoms with E-state index in [0.29, 0.717) is 17.9 Å². The van der Waals surface area contributed by atoms with Gasteiger partial charge in [0.15, 0.2) is 5.82 Å². The second kappa shape index (κ2) is 4.71.